The number of ether oxygens (including phenoxy) is 3. The molecule has 2 rings (SSSR count). The summed E-state index contributed by atoms with van der Waals surface area (Å²) in [6, 6.07) is 0. The monoisotopic (exact) mass is 343 g/mol. The molecule has 1 unspecified atom stereocenters. The quantitative estimate of drug-likeness (QED) is 0.558. The smallest absolute Gasteiger partial charge is 0.355 e. The molecule has 0 aliphatic carbocycles. The van der Waals surface area contributed by atoms with Gasteiger partial charge in [0.2, 0.25) is 0 Å². The Balaban J connectivity index is 2.31. The first-order valence-corrected chi connectivity index (χ1v) is 8.27. The molecule has 0 aromatic rings. The lowest BCUT2D eigenvalue weighted by Gasteiger charge is -2.49. The van der Waals surface area contributed by atoms with Crippen LogP contribution in [0.5, 0.6) is 0 Å². The minimum Gasteiger partial charge on any atom is -0.461 e. The molecular formula is C15H21NO6S. The summed E-state index contributed by atoms with van der Waals surface area (Å²) < 4.78 is 15.6. The number of nitrogens with zero attached hydrogens (tertiary/aromatic N) is 1. The topological polar surface area (TPSA) is 82.1 Å². The number of carbonyl (C=O) groups is 3. The summed E-state index contributed by atoms with van der Waals surface area (Å²) in [6.07, 6.45) is -0.562. The molecular weight excluding hydrogens is 322 g/mol. The first-order chi connectivity index (χ1) is 10.7. The Bertz CT molecular complexity index is 565. The van der Waals surface area contributed by atoms with Crippen molar-refractivity contribution in [2.45, 2.75) is 44.8 Å². The van der Waals surface area contributed by atoms with E-state index in [1.165, 1.54) is 30.7 Å². The van der Waals surface area contributed by atoms with Crippen LogP contribution in [0, 0.1) is 0 Å². The minimum absolute atomic E-state index is 0.0366. The Kier molecular flexibility index (Phi) is 5.05. The van der Waals surface area contributed by atoms with Crippen molar-refractivity contribution in [3.8, 4) is 0 Å². The minimum atomic E-state index is -0.689. The number of fused-ring (bicyclic) bond motifs is 1. The number of methoxy groups -OCH3 is 1. The van der Waals surface area contributed by atoms with E-state index in [1.54, 1.807) is 20.8 Å². The SMILES string of the molecule is CO[C@H]1C(=O)N2C(C(=O)OC(C)(C)C)=C(COC(C)=O)CSC12. The summed E-state index contributed by atoms with van der Waals surface area (Å²) in [6.45, 7) is 6.51. The zero-order valence-corrected chi connectivity index (χ0v) is 14.7. The average molecular weight is 343 g/mol. The number of thioether (sulfide) groups is 1. The molecule has 1 fully saturated rings. The number of amides is 1. The fourth-order valence-electron chi connectivity index (χ4n) is 2.35. The molecule has 2 aliphatic rings. The molecule has 0 N–H and O–H groups in total. The highest BCUT2D eigenvalue weighted by Crippen LogP contribution is 2.42. The van der Waals surface area contributed by atoms with Crippen molar-refractivity contribution in [2.24, 2.45) is 0 Å². The van der Waals surface area contributed by atoms with Crippen molar-refractivity contribution < 1.29 is 28.6 Å². The van der Waals surface area contributed by atoms with Crippen LogP contribution in [0.1, 0.15) is 27.7 Å². The third-order valence-electron chi connectivity index (χ3n) is 3.29. The molecule has 2 aliphatic heterocycles. The predicted octanol–water partition coefficient (Wildman–Crippen LogP) is 1.08. The van der Waals surface area contributed by atoms with Gasteiger partial charge < -0.3 is 14.2 Å². The highest BCUT2D eigenvalue weighted by molar-refractivity contribution is 8.00. The van der Waals surface area contributed by atoms with Crippen molar-refractivity contribution in [1.29, 1.82) is 0 Å². The number of rotatable bonds is 4. The Morgan fingerprint density at radius 2 is 2.00 bits per heavy atom. The average Bonchev–Trinajstić information content (AvgIpc) is 2.42. The molecule has 0 radical (unpaired) electrons. The van der Waals surface area contributed by atoms with Crippen LogP contribution in [0.3, 0.4) is 0 Å². The van der Waals surface area contributed by atoms with E-state index in [0.29, 0.717) is 11.3 Å². The second kappa shape index (κ2) is 6.52. The maximum absolute atomic E-state index is 12.5. The molecule has 0 aromatic heterocycles. The zero-order chi connectivity index (χ0) is 17.4. The van der Waals surface area contributed by atoms with Crippen LogP contribution in [0.25, 0.3) is 0 Å². The fraction of sp³-hybridized carbons (Fsp3) is 0.667. The normalized spacial score (nSPS) is 24.0. The lowest BCUT2D eigenvalue weighted by atomic mass is 10.1. The maximum Gasteiger partial charge on any atom is 0.355 e. The van der Waals surface area contributed by atoms with E-state index in [0.717, 1.165) is 0 Å². The molecule has 128 valence electrons. The lowest BCUT2D eigenvalue weighted by Crippen LogP contribution is -2.65. The number of hydrogen-bond donors (Lipinski definition) is 0. The van der Waals surface area contributed by atoms with E-state index in [1.807, 2.05) is 0 Å². The first-order valence-electron chi connectivity index (χ1n) is 7.22. The van der Waals surface area contributed by atoms with Crippen LogP contribution in [0.15, 0.2) is 11.3 Å². The van der Waals surface area contributed by atoms with E-state index in [-0.39, 0.29) is 23.6 Å². The molecule has 2 heterocycles. The summed E-state index contributed by atoms with van der Waals surface area (Å²) in [5.41, 5.74) is 0.0486. The van der Waals surface area contributed by atoms with Gasteiger partial charge in [-0.2, -0.15) is 0 Å². The van der Waals surface area contributed by atoms with Crippen LogP contribution >= 0.6 is 11.8 Å². The largest absolute Gasteiger partial charge is 0.461 e. The number of esters is 2. The van der Waals surface area contributed by atoms with Gasteiger partial charge >= 0.3 is 11.9 Å². The highest BCUT2D eigenvalue weighted by Gasteiger charge is 2.54. The van der Waals surface area contributed by atoms with Crippen LogP contribution in [-0.4, -0.2) is 59.3 Å². The van der Waals surface area contributed by atoms with Gasteiger partial charge in [-0.15, -0.1) is 11.8 Å². The van der Waals surface area contributed by atoms with E-state index < -0.39 is 23.6 Å². The highest BCUT2D eigenvalue weighted by atomic mass is 32.2. The van der Waals surface area contributed by atoms with Crippen LogP contribution in [-0.2, 0) is 28.6 Å². The second-order valence-electron chi connectivity index (χ2n) is 6.30. The van der Waals surface area contributed by atoms with Gasteiger partial charge in [-0.05, 0) is 20.8 Å². The van der Waals surface area contributed by atoms with E-state index in [4.69, 9.17) is 14.2 Å². The van der Waals surface area contributed by atoms with Crippen molar-refractivity contribution in [1.82, 2.24) is 4.90 Å². The zero-order valence-electron chi connectivity index (χ0n) is 13.9. The molecule has 0 bridgehead atoms. The Hall–Kier alpha value is -1.54. The van der Waals surface area contributed by atoms with Gasteiger partial charge in [0, 0.05) is 25.4 Å². The number of carbonyl (C=O) groups excluding carboxylic acids is 3. The lowest BCUT2D eigenvalue weighted by molar-refractivity contribution is -0.167. The third kappa shape index (κ3) is 3.69. The summed E-state index contributed by atoms with van der Waals surface area (Å²) >= 11 is 1.47. The predicted molar refractivity (Wildman–Crippen MR) is 83.4 cm³/mol. The molecule has 7 nitrogen and oxygen atoms in total. The first kappa shape index (κ1) is 17.8. The van der Waals surface area contributed by atoms with Gasteiger partial charge in [-0.3, -0.25) is 14.5 Å². The molecule has 0 saturated carbocycles. The molecule has 1 saturated heterocycles. The van der Waals surface area contributed by atoms with Crippen molar-refractivity contribution in [2.75, 3.05) is 19.5 Å². The summed E-state index contributed by atoms with van der Waals surface area (Å²) in [7, 11) is 1.46. The molecule has 1 amide bonds. The van der Waals surface area contributed by atoms with Crippen molar-refractivity contribution in [3.63, 3.8) is 0 Å². The summed E-state index contributed by atoms with van der Waals surface area (Å²) in [4.78, 5) is 37.2. The Morgan fingerprint density at radius 3 is 2.52 bits per heavy atom. The summed E-state index contributed by atoms with van der Waals surface area (Å²) in [5.74, 6) is -0.854. The second-order valence-corrected chi connectivity index (χ2v) is 7.41. The third-order valence-corrected chi connectivity index (χ3v) is 4.61. The molecule has 8 heteroatoms. The number of β-lactam (4-membered cyclic amide) rings is 1. The fourth-order valence-corrected chi connectivity index (χ4v) is 3.70. The van der Waals surface area contributed by atoms with Crippen LogP contribution in [0.4, 0.5) is 0 Å². The van der Waals surface area contributed by atoms with E-state index >= 15 is 0 Å². The molecule has 2 atom stereocenters. The Morgan fingerprint density at radius 1 is 1.35 bits per heavy atom. The van der Waals surface area contributed by atoms with Gasteiger partial charge in [-0.25, -0.2) is 4.79 Å². The van der Waals surface area contributed by atoms with E-state index in [2.05, 4.69) is 0 Å². The standard InChI is InChI=1S/C15H21NO6S/c1-8(17)21-6-9-7-23-13-11(20-5)12(18)16(13)10(9)14(19)22-15(2,3)4/h11,13H,6-7H2,1-5H3/t11-,13?/m0/s1. The van der Waals surface area contributed by atoms with Crippen LogP contribution < -0.4 is 0 Å². The molecule has 0 aromatic carbocycles. The van der Waals surface area contributed by atoms with Crippen LogP contribution in [0.2, 0.25) is 0 Å². The molecule has 23 heavy (non-hydrogen) atoms. The molecule has 0 spiro atoms. The number of hydrogen-bond acceptors (Lipinski definition) is 7. The van der Waals surface area contributed by atoms with Gasteiger partial charge in [-0.1, -0.05) is 0 Å². The van der Waals surface area contributed by atoms with Gasteiger partial charge in [0.15, 0.2) is 6.10 Å². The summed E-state index contributed by atoms with van der Waals surface area (Å²) in [5, 5.41) is -0.254. The van der Waals surface area contributed by atoms with Gasteiger partial charge in [0.25, 0.3) is 5.91 Å². The van der Waals surface area contributed by atoms with E-state index in [9.17, 15) is 14.4 Å². The Labute approximate surface area is 139 Å². The van der Waals surface area contributed by atoms with Gasteiger partial charge in [0.1, 0.15) is 23.3 Å². The van der Waals surface area contributed by atoms with Gasteiger partial charge in [0.05, 0.1) is 0 Å². The van der Waals surface area contributed by atoms with Crippen molar-refractivity contribution in [3.05, 3.63) is 11.3 Å². The van der Waals surface area contributed by atoms with Crippen molar-refractivity contribution >= 4 is 29.6 Å². The maximum atomic E-state index is 12.5.